The number of aliphatic hydroxyl groups is 1. The molecule has 3 unspecified atom stereocenters. The van der Waals surface area contributed by atoms with Crippen molar-refractivity contribution < 1.29 is 9.90 Å². The van der Waals surface area contributed by atoms with Crippen LogP contribution in [0, 0.1) is 17.3 Å². The van der Waals surface area contributed by atoms with Crippen LogP contribution in [-0.4, -0.2) is 35.1 Å². The van der Waals surface area contributed by atoms with Gasteiger partial charge < -0.3 is 10.0 Å². The third-order valence-corrected chi connectivity index (χ3v) is 4.77. The minimum atomic E-state index is -0.288. The number of likely N-dealkylation sites (tertiary alicyclic amines) is 1. The largest absolute Gasteiger partial charge is 0.393 e. The lowest BCUT2D eigenvalue weighted by atomic mass is 9.81. The summed E-state index contributed by atoms with van der Waals surface area (Å²) < 4.78 is 0. The number of nitrogens with zero attached hydrogens (tertiary/aromatic N) is 1. The van der Waals surface area contributed by atoms with Gasteiger partial charge in [0.1, 0.15) is 0 Å². The van der Waals surface area contributed by atoms with Crippen molar-refractivity contribution in [3.63, 3.8) is 0 Å². The lowest BCUT2D eigenvalue weighted by Crippen LogP contribution is -2.39. The quantitative estimate of drug-likeness (QED) is 0.801. The molecule has 0 aromatic carbocycles. The molecule has 1 N–H and O–H groups in total. The van der Waals surface area contributed by atoms with Gasteiger partial charge in [0.25, 0.3) is 0 Å². The van der Waals surface area contributed by atoms with E-state index in [0.717, 1.165) is 32.4 Å². The van der Waals surface area contributed by atoms with E-state index in [1.165, 1.54) is 6.42 Å². The zero-order chi connectivity index (χ0) is 12.6. The molecule has 1 saturated carbocycles. The molecule has 0 aromatic rings. The van der Waals surface area contributed by atoms with Crippen LogP contribution in [0.4, 0.5) is 0 Å². The first kappa shape index (κ1) is 12.9. The van der Waals surface area contributed by atoms with Gasteiger partial charge in [-0.2, -0.15) is 0 Å². The van der Waals surface area contributed by atoms with Crippen LogP contribution in [0.15, 0.2) is 0 Å². The molecular formula is C14H25NO2. The number of carbonyl (C=O) groups excluding carboxylic acids is 1. The molecule has 17 heavy (non-hydrogen) atoms. The number of carbonyl (C=O) groups is 1. The summed E-state index contributed by atoms with van der Waals surface area (Å²) in [6.07, 6.45) is 4.05. The Morgan fingerprint density at radius 3 is 2.59 bits per heavy atom. The molecule has 1 aliphatic heterocycles. The van der Waals surface area contributed by atoms with Crippen molar-refractivity contribution in [2.75, 3.05) is 13.1 Å². The standard InChI is InChI=1S/C14H25NO2/c1-10(16)11-6-8-15(9-11)13(17)12-5-4-7-14(12,2)3/h10-12,16H,4-9H2,1-3H3. The summed E-state index contributed by atoms with van der Waals surface area (Å²) >= 11 is 0. The molecule has 1 amide bonds. The predicted octanol–water partition coefficient (Wildman–Crippen LogP) is 2.04. The van der Waals surface area contributed by atoms with Gasteiger partial charge in [0.2, 0.25) is 5.91 Å². The van der Waals surface area contributed by atoms with Crippen LogP contribution >= 0.6 is 0 Å². The van der Waals surface area contributed by atoms with Crippen molar-refractivity contribution in [3.05, 3.63) is 0 Å². The van der Waals surface area contributed by atoms with E-state index in [4.69, 9.17) is 0 Å². The van der Waals surface area contributed by atoms with Crippen molar-refractivity contribution in [1.82, 2.24) is 4.90 Å². The van der Waals surface area contributed by atoms with Crippen LogP contribution < -0.4 is 0 Å². The Hall–Kier alpha value is -0.570. The van der Waals surface area contributed by atoms with E-state index in [1.54, 1.807) is 0 Å². The fraction of sp³-hybridized carbons (Fsp3) is 0.929. The van der Waals surface area contributed by atoms with E-state index < -0.39 is 0 Å². The van der Waals surface area contributed by atoms with Gasteiger partial charge in [-0.1, -0.05) is 20.3 Å². The van der Waals surface area contributed by atoms with Crippen molar-refractivity contribution in [1.29, 1.82) is 0 Å². The van der Waals surface area contributed by atoms with Crippen LogP contribution in [0.1, 0.15) is 46.5 Å². The average Bonchev–Trinajstić information content (AvgIpc) is 2.82. The van der Waals surface area contributed by atoms with Crippen LogP contribution in [0.25, 0.3) is 0 Å². The molecule has 1 aliphatic carbocycles. The lowest BCUT2D eigenvalue weighted by molar-refractivity contribution is -0.137. The lowest BCUT2D eigenvalue weighted by Gasteiger charge is -2.30. The third-order valence-electron chi connectivity index (χ3n) is 4.77. The van der Waals surface area contributed by atoms with E-state index in [0.29, 0.717) is 5.91 Å². The summed E-state index contributed by atoms with van der Waals surface area (Å²) in [5.74, 6) is 0.814. The first-order valence-electron chi connectivity index (χ1n) is 6.88. The number of amides is 1. The van der Waals surface area contributed by atoms with Gasteiger partial charge in [0.05, 0.1) is 6.10 Å². The van der Waals surface area contributed by atoms with E-state index >= 15 is 0 Å². The second-order valence-corrected chi connectivity index (χ2v) is 6.51. The van der Waals surface area contributed by atoms with Crippen LogP contribution in [0.5, 0.6) is 0 Å². The zero-order valence-corrected chi connectivity index (χ0v) is 11.3. The summed E-state index contributed by atoms with van der Waals surface area (Å²) in [7, 11) is 0. The maximum absolute atomic E-state index is 12.5. The molecule has 0 bridgehead atoms. The van der Waals surface area contributed by atoms with Gasteiger partial charge in [-0.25, -0.2) is 0 Å². The first-order valence-corrected chi connectivity index (χ1v) is 6.88. The molecule has 2 rings (SSSR count). The Bertz CT molecular complexity index is 299. The van der Waals surface area contributed by atoms with Crippen molar-refractivity contribution in [3.8, 4) is 0 Å². The molecule has 3 heteroatoms. The number of hydrogen-bond donors (Lipinski definition) is 1. The molecular weight excluding hydrogens is 214 g/mol. The molecule has 3 nitrogen and oxygen atoms in total. The second-order valence-electron chi connectivity index (χ2n) is 6.51. The molecule has 0 spiro atoms. The Morgan fingerprint density at radius 1 is 1.41 bits per heavy atom. The summed E-state index contributed by atoms with van der Waals surface area (Å²) in [5, 5.41) is 9.58. The number of aliphatic hydroxyl groups excluding tert-OH is 1. The average molecular weight is 239 g/mol. The highest BCUT2D eigenvalue weighted by Gasteiger charge is 2.42. The molecule has 1 heterocycles. The Kier molecular flexibility index (Phi) is 3.48. The van der Waals surface area contributed by atoms with Crippen LogP contribution in [-0.2, 0) is 4.79 Å². The summed E-state index contributed by atoms with van der Waals surface area (Å²) in [5.41, 5.74) is 0.167. The highest BCUT2D eigenvalue weighted by molar-refractivity contribution is 5.80. The van der Waals surface area contributed by atoms with E-state index in [9.17, 15) is 9.90 Å². The smallest absolute Gasteiger partial charge is 0.226 e. The maximum Gasteiger partial charge on any atom is 0.226 e. The molecule has 1 saturated heterocycles. The molecule has 2 fully saturated rings. The van der Waals surface area contributed by atoms with Gasteiger partial charge in [-0.05, 0) is 31.6 Å². The van der Waals surface area contributed by atoms with Crippen molar-refractivity contribution >= 4 is 5.91 Å². The summed E-state index contributed by atoms with van der Waals surface area (Å²) in [4.78, 5) is 14.5. The van der Waals surface area contributed by atoms with Crippen LogP contribution in [0.3, 0.4) is 0 Å². The molecule has 2 aliphatic rings. The highest BCUT2D eigenvalue weighted by Crippen LogP contribution is 2.44. The Morgan fingerprint density at radius 2 is 2.12 bits per heavy atom. The van der Waals surface area contributed by atoms with Gasteiger partial charge in [-0.3, -0.25) is 4.79 Å². The van der Waals surface area contributed by atoms with Gasteiger partial charge in [0, 0.05) is 24.9 Å². The SMILES string of the molecule is CC(O)C1CCN(C(=O)C2CCCC2(C)C)C1. The Labute approximate surface area is 104 Å². The Balaban J connectivity index is 1.98. The van der Waals surface area contributed by atoms with Crippen molar-refractivity contribution in [2.24, 2.45) is 17.3 Å². The van der Waals surface area contributed by atoms with E-state index in [-0.39, 0.29) is 23.4 Å². The minimum Gasteiger partial charge on any atom is -0.393 e. The highest BCUT2D eigenvalue weighted by atomic mass is 16.3. The van der Waals surface area contributed by atoms with Gasteiger partial charge in [0.15, 0.2) is 0 Å². The molecule has 98 valence electrons. The van der Waals surface area contributed by atoms with Gasteiger partial charge in [-0.15, -0.1) is 0 Å². The summed E-state index contributed by atoms with van der Waals surface area (Å²) in [6, 6.07) is 0. The normalized spacial score (nSPS) is 34.0. The first-order chi connectivity index (χ1) is 7.92. The summed E-state index contributed by atoms with van der Waals surface area (Å²) in [6.45, 7) is 7.85. The third kappa shape index (κ3) is 2.49. The molecule has 0 radical (unpaired) electrons. The number of rotatable bonds is 2. The number of hydrogen-bond acceptors (Lipinski definition) is 2. The second kappa shape index (κ2) is 4.60. The fourth-order valence-corrected chi connectivity index (χ4v) is 3.39. The van der Waals surface area contributed by atoms with Gasteiger partial charge >= 0.3 is 0 Å². The topological polar surface area (TPSA) is 40.5 Å². The van der Waals surface area contributed by atoms with E-state index in [1.807, 2.05) is 11.8 Å². The minimum absolute atomic E-state index is 0.167. The fourth-order valence-electron chi connectivity index (χ4n) is 3.39. The predicted molar refractivity (Wildman–Crippen MR) is 67.5 cm³/mol. The monoisotopic (exact) mass is 239 g/mol. The maximum atomic E-state index is 12.5. The molecule has 3 atom stereocenters. The van der Waals surface area contributed by atoms with Crippen molar-refractivity contribution in [2.45, 2.75) is 52.6 Å². The van der Waals surface area contributed by atoms with Crippen LogP contribution in [0.2, 0.25) is 0 Å². The zero-order valence-electron chi connectivity index (χ0n) is 11.3. The molecule has 0 aromatic heterocycles. The van der Waals surface area contributed by atoms with E-state index in [2.05, 4.69) is 13.8 Å².